The maximum absolute atomic E-state index is 11.0. The Labute approximate surface area is 66.4 Å². The molecule has 11 heavy (non-hydrogen) atoms. The van der Waals surface area contributed by atoms with Gasteiger partial charge in [-0.3, -0.25) is 9.59 Å². The average molecular weight is 158 g/mol. The van der Waals surface area contributed by atoms with E-state index in [2.05, 4.69) is 0 Å². The summed E-state index contributed by atoms with van der Waals surface area (Å²) < 4.78 is 0. The minimum Gasteiger partial charge on any atom is -0.369 e. The molecule has 0 unspecified atom stereocenters. The Hall–Kier alpha value is -1.06. The van der Waals surface area contributed by atoms with Crippen LogP contribution in [0.3, 0.4) is 0 Å². The maximum Gasteiger partial charge on any atom is 0.231 e. The minimum atomic E-state index is -0.568. The Kier molecular flexibility index (Phi) is 4.26. The van der Waals surface area contributed by atoms with Crippen LogP contribution >= 0.6 is 0 Å². The first-order valence-corrected chi connectivity index (χ1v) is 3.67. The second-order valence-corrected chi connectivity index (χ2v) is 2.21. The Morgan fingerprint density at radius 2 is 1.73 bits per heavy atom. The normalized spacial score (nSPS) is 9.27. The lowest BCUT2D eigenvalue weighted by atomic mass is 10.3. The number of nitrogens with two attached hydrogens (primary N) is 1. The molecular weight excluding hydrogens is 144 g/mol. The molecule has 0 bridgehead atoms. The summed E-state index contributed by atoms with van der Waals surface area (Å²) in [7, 11) is 0. The summed E-state index contributed by atoms with van der Waals surface area (Å²) in [6.45, 7) is 4.98. The second kappa shape index (κ2) is 4.71. The lowest BCUT2D eigenvalue weighted by molar-refractivity contribution is -0.134. The zero-order valence-electron chi connectivity index (χ0n) is 6.96. The fourth-order valence-corrected chi connectivity index (χ4v) is 0.837. The fourth-order valence-electron chi connectivity index (χ4n) is 0.837. The summed E-state index contributed by atoms with van der Waals surface area (Å²) >= 11 is 0. The van der Waals surface area contributed by atoms with Crippen molar-refractivity contribution >= 4 is 11.8 Å². The van der Waals surface area contributed by atoms with Gasteiger partial charge in [-0.1, -0.05) is 0 Å². The summed E-state index contributed by atoms with van der Waals surface area (Å²) in [6, 6.07) is 0. The van der Waals surface area contributed by atoms with Crippen LogP contribution in [-0.2, 0) is 9.59 Å². The largest absolute Gasteiger partial charge is 0.369 e. The fraction of sp³-hybridized carbons (Fsp3) is 0.714. The molecule has 64 valence electrons. The van der Waals surface area contributed by atoms with Crippen LogP contribution in [0.25, 0.3) is 0 Å². The molecule has 0 aliphatic rings. The van der Waals surface area contributed by atoms with Gasteiger partial charge in [0.2, 0.25) is 11.8 Å². The second-order valence-electron chi connectivity index (χ2n) is 2.21. The molecule has 2 N–H and O–H groups in total. The maximum atomic E-state index is 11.0. The molecular formula is C7H14N2O2. The van der Waals surface area contributed by atoms with E-state index in [4.69, 9.17) is 5.73 Å². The monoisotopic (exact) mass is 158 g/mol. The van der Waals surface area contributed by atoms with Crippen molar-refractivity contribution in [2.75, 3.05) is 13.1 Å². The molecule has 0 radical (unpaired) electrons. The quantitative estimate of drug-likeness (QED) is 0.572. The van der Waals surface area contributed by atoms with Crippen molar-refractivity contribution in [2.24, 2.45) is 5.73 Å². The molecule has 0 spiro atoms. The van der Waals surface area contributed by atoms with Crippen molar-refractivity contribution in [1.82, 2.24) is 4.90 Å². The van der Waals surface area contributed by atoms with Crippen molar-refractivity contribution < 1.29 is 9.59 Å². The van der Waals surface area contributed by atoms with E-state index in [1.165, 1.54) is 0 Å². The van der Waals surface area contributed by atoms with E-state index in [0.717, 1.165) is 0 Å². The molecule has 0 aliphatic carbocycles. The molecule has 0 rings (SSSR count). The van der Waals surface area contributed by atoms with Gasteiger partial charge < -0.3 is 10.6 Å². The van der Waals surface area contributed by atoms with Gasteiger partial charge in [-0.25, -0.2) is 0 Å². The van der Waals surface area contributed by atoms with Gasteiger partial charge in [-0.2, -0.15) is 0 Å². The third kappa shape index (κ3) is 3.60. The zero-order valence-corrected chi connectivity index (χ0v) is 6.96. The Balaban J connectivity index is 3.89. The molecule has 0 aromatic rings. The van der Waals surface area contributed by atoms with Crippen LogP contribution in [0.15, 0.2) is 0 Å². The van der Waals surface area contributed by atoms with Gasteiger partial charge in [0, 0.05) is 13.1 Å². The van der Waals surface area contributed by atoms with Crippen LogP contribution in [-0.4, -0.2) is 29.8 Å². The number of hydrogen-bond donors (Lipinski definition) is 1. The molecule has 0 aromatic heterocycles. The van der Waals surface area contributed by atoms with E-state index in [1.54, 1.807) is 4.90 Å². The third-order valence-corrected chi connectivity index (χ3v) is 1.44. The van der Waals surface area contributed by atoms with Crippen LogP contribution in [0.2, 0.25) is 0 Å². The molecule has 0 heterocycles. The number of primary amides is 1. The number of carbonyl (C=O) groups excluding carboxylic acids is 2. The lowest BCUT2D eigenvalue weighted by Crippen LogP contribution is -2.33. The highest BCUT2D eigenvalue weighted by atomic mass is 16.2. The van der Waals surface area contributed by atoms with Gasteiger partial charge in [0.05, 0.1) is 0 Å². The first-order valence-electron chi connectivity index (χ1n) is 3.67. The van der Waals surface area contributed by atoms with Gasteiger partial charge in [-0.05, 0) is 13.8 Å². The van der Waals surface area contributed by atoms with Crippen molar-refractivity contribution in [3.63, 3.8) is 0 Å². The number of carbonyl (C=O) groups is 2. The first-order chi connectivity index (χ1) is 5.11. The Bertz CT molecular complexity index is 153. The van der Waals surface area contributed by atoms with Gasteiger partial charge in [0.25, 0.3) is 0 Å². The van der Waals surface area contributed by atoms with E-state index in [1.807, 2.05) is 13.8 Å². The van der Waals surface area contributed by atoms with Crippen LogP contribution in [0.4, 0.5) is 0 Å². The highest BCUT2D eigenvalue weighted by molar-refractivity contribution is 5.96. The highest BCUT2D eigenvalue weighted by Crippen LogP contribution is 1.92. The summed E-state index contributed by atoms with van der Waals surface area (Å²) in [5.74, 6) is -0.760. The molecule has 0 fully saturated rings. The smallest absolute Gasteiger partial charge is 0.231 e. The third-order valence-electron chi connectivity index (χ3n) is 1.44. The zero-order chi connectivity index (χ0) is 8.85. The molecule has 0 saturated heterocycles. The van der Waals surface area contributed by atoms with E-state index >= 15 is 0 Å². The minimum absolute atomic E-state index is 0.179. The Morgan fingerprint density at radius 3 is 2.00 bits per heavy atom. The number of hydrogen-bond acceptors (Lipinski definition) is 2. The van der Waals surface area contributed by atoms with Crippen LogP contribution in [0.1, 0.15) is 20.3 Å². The molecule has 0 aromatic carbocycles. The Morgan fingerprint density at radius 1 is 1.27 bits per heavy atom. The highest BCUT2D eigenvalue weighted by Gasteiger charge is 2.11. The van der Waals surface area contributed by atoms with E-state index < -0.39 is 5.91 Å². The predicted molar refractivity (Wildman–Crippen MR) is 41.7 cm³/mol. The van der Waals surface area contributed by atoms with Crippen LogP contribution < -0.4 is 5.73 Å². The molecule has 0 aliphatic heterocycles. The van der Waals surface area contributed by atoms with Crippen molar-refractivity contribution in [2.45, 2.75) is 20.3 Å². The SMILES string of the molecule is CCN(CC)C(=O)CC(N)=O. The number of amides is 2. The van der Waals surface area contributed by atoms with Crippen LogP contribution in [0.5, 0.6) is 0 Å². The van der Waals surface area contributed by atoms with E-state index in [9.17, 15) is 9.59 Å². The van der Waals surface area contributed by atoms with E-state index in [-0.39, 0.29) is 12.3 Å². The molecule has 2 amide bonds. The summed E-state index contributed by atoms with van der Waals surface area (Å²) in [6.07, 6.45) is -0.179. The van der Waals surface area contributed by atoms with Gasteiger partial charge >= 0.3 is 0 Å². The van der Waals surface area contributed by atoms with Gasteiger partial charge in [0.15, 0.2) is 0 Å². The van der Waals surface area contributed by atoms with Crippen molar-refractivity contribution in [3.05, 3.63) is 0 Å². The lowest BCUT2D eigenvalue weighted by Gasteiger charge is -2.17. The first kappa shape index (κ1) is 9.94. The molecule has 0 atom stereocenters. The molecule has 4 nitrogen and oxygen atoms in total. The summed E-state index contributed by atoms with van der Waals surface area (Å²) in [5, 5.41) is 0. The summed E-state index contributed by atoms with van der Waals surface area (Å²) in [5.41, 5.74) is 4.85. The van der Waals surface area contributed by atoms with Crippen LogP contribution in [0, 0.1) is 0 Å². The predicted octanol–water partition coefficient (Wildman–Crippen LogP) is -0.270. The molecule has 4 heteroatoms. The topological polar surface area (TPSA) is 63.4 Å². The number of rotatable bonds is 4. The van der Waals surface area contributed by atoms with Gasteiger partial charge in [-0.15, -0.1) is 0 Å². The van der Waals surface area contributed by atoms with Crippen molar-refractivity contribution in [1.29, 1.82) is 0 Å². The van der Waals surface area contributed by atoms with Crippen molar-refractivity contribution in [3.8, 4) is 0 Å². The average Bonchev–Trinajstić information content (AvgIpc) is 1.88. The van der Waals surface area contributed by atoms with E-state index in [0.29, 0.717) is 13.1 Å². The standard InChI is InChI=1S/C7H14N2O2/c1-3-9(4-2)7(11)5-6(8)10/h3-5H2,1-2H3,(H2,8,10). The number of nitrogens with zero attached hydrogens (tertiary/aromatic N) is 1. The molecule has 0 saturated carbocycles. The van der Waals surface area contributed by atoms with Gasteiger partial charge in [0.1, 0.15) is 6.42 Å². The summed E-state index contributed by atoms with van der Waals surface area (Å²) in [4.78, 5) is 22.9.